The Bertz CT molecular complexity index is 429. The van der Waals surface area contributed by atoms with Crippen molar-refractivity contribution in [3.8, 4) is 0 Å². The fourth-order valence-corrected chi connectivity index (χ4v) is 1.85. The maximum Gasteiger partial charge on any atom is -1.00 e. The number of halogens is 4. The number of H-pyrrole nitrogens is 2. The molecule has 0 radical (unpaired) electrons. The minimum absolute atomic E-state index is 0. The van der Waals surface area contributed by atoms with Crippen LogP contribution in [0.1, 0.15) is 38.3 Å². The van der Waals surface area contributed by atoms with Crippen LogP contribution in [0.5, 0.6) is 0 Å². The van der Waals surface area contributed by atoms with Crippen molar-refractivity contribution in [2.24, 2.45) is 0 Å². The van der Waals surface area contributed by atoms with E-state index in [0.717, 1.165) is 13.1 Å². The molecule has 8 heteroatoms. The van der Waals surface area contributed by atoms with Crippen molar-refractivity contribution in [1.29, 1.82) is 0 Å². The molecule has 0 aliphatic rings. The van der Waals surface area contributed by atoms with Gasteiger partial charge < -0.3 is 24.0 Å². The van der Waals surface area contributed by atoms with Crippen LogP contribution in [0, 0.1) is 13.8 Å². The van der Waals surface area contributed by atoms with Crippen LogP contribution in [0.25, 0.3) is 0 Å². The summed E-state index contributed by atoms with van der Waals surface area (Å²) in [5.74, 6) is 2.47. The summed E-state index contributed by atoms with van der Waals surface area (Å²) in [7, 11) is 0. The normalized spacial score (nSPS) is 9.18. The first kappa shape index (κ1) is 25.6. The van der Waals surface area contributed by atoms with Crippen LogP contribution >= 0.6 is 37.2 Å². The summed E-state index contributed by atoms with van der Waals surface area (Å²) in [6, 6.07) is 0. The fourth-order valence-electron chi connectivity index (χ4n) is 1.85. The number of aromatic amines is 2. The molecule has 2 aromatic heterocycles. The number of hydrogen-bond donors (Lipinski definition) is 2. The number of rotatable bonds is 4. The molecule has 0 bridgehead atoms. The number of imidazole rings is 2. The van der Waals surface area contributed by atoms with Crippen LogP contribution in [-0.4, -0.2) is 9.97 Å². The molecule has 0 spiro atoms. The maximum atomic E-state index is 3.12. The van der Waals surface area contributed by atoms with Crippen LogP contribution < -0.4 is 46.4 Å². The van der Waals surface area contributed by atoms with Gasteiger partial charge in [0.25, 0.3) is 11.6 Å². The van der Waals surface area contributed by atoms with Gasteiger partial charge in [0, 0.05) is 13.8 Å². The summed E-state index contributed by atoms with van der Waals surface area (Å²) in [6.45, 7) is 10.8. The largest absolute Gasteiger partial charge is 1.00 e. The molecular weight excluding hydrogens is 732 g/mol. The van der Waals surface area contributed by atoms with Crippen molar-refractivity contribution in [1.82, 2.24) is 9.97 Å². The topological polar surface area (TPSA) is 39.3 Å². The summed E-state index contributed by atoms with van der Waals surface area (Å²) in [5, 5.41) is 0. The Morgan fingerprint density at radius 1 is 0.909 bits per heavy atom. The molecule has 0 aliphatic heterocycles. The molecule has 22 heavy (non-hydrogen) atoms. The predicted octanol–water partition coefficient (Wildman–Crippen LogP) is -2.18. The van der Waals surface area contributed by atoms with Gasteiger partial charge in [-0.3, -0.25) is 0 Å². The van der Waals surface area contributed by atoms with E-state index in [-0.39, 0.29) is 24.0 Å². The molecule has 2 N–H and O–H groups in total. The number of nitrogens with zero attached hydrogens (tertiary/aromatic N) is 2. The predicted molar refractivity (Wildman–Crippen MR) is 100 cm³/mol. The van der Waals surface area contributed by atoms with Gasteiger partial charge in [0.2, 0.25) is 0 Å². The summed E-state index contributed by atoms with van der Waals surface area (Å²) in [6.07, 6.45) is 10.5. The number of aryl methyl sites for hydroxylation is 4. The molecule has 0 amide bonds. The molecule has 0 saturated carbocycles. The van der Waals surface area contributed by atoms with Gasteiger partial charge in [0.1, 0.15) is 24.8 Å². The third kappa shape index (κ3) is 11.8. The van der Waals surface area contributed by atoms with Gasteiger partial charge >= 0.3 is 50.5 Å². The van der Waals surface area contributed by atoms with E-state index in [4.69, 9.17) is 0 Å². The monoisotopic (exact) mass is 758 g/mol. The molecule has 0 aliphatic carbocycles. The van der Waals surface area contributed by atoms with Crippen molar-refractivity contribution < 1.29 is 46.4 Å². The van der Waals surface area contributed by atoms with Crippen LogP contribution in [0.2, 0.25) is 0 Å². The van der Waals surface area contributed by atoms with Crippen LogP contribution in [0.15, 0.2) is 24.8 Å². The average Bonchev–Trinajstić information content (AvgIpc) is 3.03. The number of aromatic nitrogens is 4. The Morgan fingerprint density at radius 2 is 1.23 bits per heavy atom. The van der Waals surface area contributed by atoms with Gasteiger partial charge in [-0.1, -0.05) is 13.8 Å². The molecular formula is C14H26I4N4. The van der Waals surface area contributed by atoms with E-state index >= 15 is 0 Å². The minimum atomic E-state index is 0. The van der Waals surface area contributed by atoms with Crippen molar-refractivity contribution in [2.45, 2.75) is 53.6 Å². The van der Waals surface area contributed by atoms with Crippen LogP contribution in [-0.2, 0) is 13.1 Å². The zero-order valence-corrected chi connectivity index (χ0v) is 22.2. The van der Waals surface area contributed by atoms with Crippen LogP contribution in [0.4, 0.5) is 0 Å². The molecule has 2 rings (SSSR count). The van der Waals surface area contributed by atoms with E-state index in [0.29, 0.717) is 13.3 Å². The molecule has 130 valence electrons. The van der Waals surface area contributed by atoms with Gasteiger partial charge in [0.05, 0.1) is 13.1 Å². The summed E-state index contributed by atoms with van der Waals surface area (Å²) >= 11 is 5.30. The SMILES string of the molecule is CCC[n+]1cc[nH]c1C.CCC[n+]1cc[nH]c1C.I[I-]I.[I-]. The quantitative estimate of drug-likeness (QED) is 0.264. The standard InChI is InChI=1S/2C7H12N2.I3.HI/c2*1-3-5-9-6-4-8-7(9)2;1-3-2;/h2*4,6H,3,5H2,1-2H3;;1H/q;;-1;/p+1. The third-order valence-electron chi connectivity index (χ3n) is 2.88. The Kier molecular flexibility index (Phi) is 20.0. The Hall–Kier alpha value is 1.34. The average molecular weight is 758 g/mol. The van der Waals surface area contributed by atoms with E-state index < -0.39 is 0 Å². The second-order valence-corrected chi connectivity index (χ2v) is 20.8. The van der Waals surface area contributed by atoms with E-state index in [1.165, 1.54) is 24.5 Å². The van der Waals surface area contributed by atoms with Gasteiger partial charge in [-0.15, -0.1) is 0 Å². The summed E-state index contributed by atoms with van der Waals surface area (Å²) < 4.78 is 4.42. The first-order valence-corrected chi connectivity index (χ1v) is 19.6. The zero-order chi connectivity index (χ0) is 16.1. The van der Waals surface area contributed by atoms with E-state index in [9.17, 15) is 0 Å². The molecule has 0 atom stereocenters. The summed E-state index contributed by atoms with van der Waals surface area (Å²) in [4.78, 5) is 6.23. The zero-order valence-electron chi connectivity index (χ0n) is 13.5. The minimum Gasteiger partial charge on any atom is -1.00 e. The van der Waals surface area contributed by atoms with Crippen molar-refractivity contribution in [3.63, 3.8) is 0 Å². The Morgan fingerprint density at radius 3 is 1.41 bits per heavy atom. The van der Waals surface area contributed by atoms with Gasteiger partial charge in [-0.2, -0.15) is 0 Å². The van der Waals surface area contributed by atoms with Crippen molar-refractivity contribution >= 4 is 37.2 Å². The van der Waals surface area contributed by atoms with Gasteiger partial charge in [-0.25, -0.2) is 19.1 Å². The first-order chi connectivity index (χ1) is 10.1. The molecule has 0 saturated heterocycles. The number of hydrogen-bond acceptors (Lipinski definition) is 0. The van der Waals surface area contributed by atoms with Crippen LogP contribution in [0.3, 0.4) is 0 Å². The smallest absolute Gasteiger partial charge is 1.00 e. The Balaban J connectivity index is 0. The van der Waals surface area contributed by atoms with Crippen molar-refractivity contribution in [2.75, 3.05) is 0 Å². The molecule has 0 unspecified atom stereocenters. The molecule has 2 aromatic rings. The maximum absolute atomic E-state index is 3.12. The first-order valence-electron chi connectivity index (χ1n) is 7.04. The molecule has 2 heterocycles. The molecule has 4 nitrogen and oxygen atoms in total. The van der Waals surface area contributed by atoms with E-state index in [1.807, 2.05) is 12.4 Å². The van der Waals surface area contributed by atoms with Crippen molar-refractivity contribution in [3.05, 3.63) is 36.4 Å². The second-order valence-electron chi connectivity index (χ2n) is 4.53. The van der Waals surface area contributed by atoms with Gasteiger partial charge in [0.15, 0.2) is 0 Å². The fraction of sp³-hybridized carbons (Fsp3) is 0.571. The van der Waals surface area contributed by atoms with E-state index in [1.54, 1.807) is 0 Å². The number of nitrogens with one attached hydrogen (secondary N) is 2. The Labute approximate surface area is 181 Å². The molecule has 0 aromatic carbocycles. The summed E-state index contributed by atoms with van der Waals surface area (Å²) in [5.41, 5.74) is 0. The second kappa shape index (κ2) is 17.2. The third-order valence-corrected chi connectivity index (χ3v) is 2.88. The molecule has 0 fully saturated rings. The van der Waals surface area contributed by atoms with Gasteiger partial charge in [-0.05, 0) is 12.8 Å². The van der Waals surface area contributed by atoms with E-state index in [2.05, 4.69) is 96.4 Å².